The largest absolute Gasteiger partial charge is 0.508 e. The summed E-state index contributed by atoms with van der Waals surface area (Å²) in [6, 6.07) is 21.7. The molecule has 1 aliphatic carbocycles. The Bertz CT molecular complexity index is 1400. The molecule has 2 atom stereocenters. The molecule has 2 amide bonds. The molecule has 0 saturated carbocycles. The van der Waals surface area contributed by atoms with Crippen molar-refractivity contribution in [3.05, 3.63) is 95.1 Å². The highest BCUT2D eigenvalue weighted by Gasteiger charge is 2.49. The second-order valence-electron chi connectivity index (χ2n) is 10.4. The quantitative estimate of drug-likeness (QED) is 0.454. The van der Waals surface area contributed by atoms with E-state index in [0.717, 1.165) is 16.7 Å². The third-order valence-electron chi connectivity index (χ3n) is 8.27. The van der Waals surface area contributed by atoms with Gasteiger partial charge in [-0.05, 0) is 60.6 Å². The lowest BCUT2D eigenvalue weighted by Crippen LogP contribution is -2.49. The molecule has 2 N–H and O–H groups in total. The molecule has 2 unspecified atom stereocenters. The lowest BCUT2D eigenvalue weighted by molar-refractivity contribution is -0.147. The first kappa shape index (κ1) is 27.2. The van der Waals surface area contributed by atoms with Gasteiger partial charge < -0.3 is 24.8 Å². The lowest BCUT2D eigenvalue weighted by Gasteiger charge is -2.42. The first-order valence-electron chi connectivity index (χ1n) is 13.6. The minimum absolute atomic E-state index is 0.0115. The Kier molecular flexibility index (Phi) is 7.78. The van der Waals surface area contributed by atoms with Crippen molar-refractivity contribution in [2.24, 2.45) is 0 Å². The molecule has 40 heavy (non-hydrogen) atoms. The summed E-state index contributed by atoms with van der Waals surface area (Å²) in [7, 11) is 2.89. The van der Waals surface area contributed by atoms with Crippen molar-refractivity contribution in [1.29, 1.82) is 0 Å². The summed E-state index contributed by atoms with van der Waals surface area (Å²) in [5, 5.41) is 12.8. The Morgan fingerprint density at radius 1 is 0.925 bits per heavy atom. The number of ether oxygens (including phenoxy) is 2. The topological polar surface area (TPSA) is 105 Å². The lowest BCUT2D eigenvalue weighted by atomic mass is 9.63. The summed E-state index contributed by atoms with van der Waals surface area (Å²) in [4.78, 5) is 41.9. The molecule has 8 heteroatoms. The van der Waals surface area contributed by atoms with Crippen LogP contribution in [0.15, 0.2) is 72.8 Å². The minimum atomic E-state index is -0.965. The van der Waals surface area contributed by atoms with Crippen LogP contribution < -0.4 is 10.1 Å². The van der Waals surface area contributed by atoms with Crippen molar-refractivity contribution in [3.63, 3.8) is 0 Å². The number of carbonyl (C=O) groups excluding carboxylic acids is 3. The van der Waals surface area contributed by atoms with Gasteiger partial charge in [0.2, 0.25) is 5.91 Å². The number of rotatable bonds is 6. The SMILES string of the molecule is COC(=O)C1(c2ccccc2)CCC(C(=O)N2CCC(NC(=O)c3cc(O)ccc3OC)CC2)c2ccccc21. The van der Waals surface area contributed by atoms with Crippen molar-refractivity contribution in [2.45, 2.75) is 43.1 Å². The summed E-state index contributed by atoms with van der Waals surface area (Å²) >= 11 is 0. The maximum atomic E-state index is 13.9. The zero-order valence-corrected chi connectivity index (χ0v) is 22.8. The van der Waals surface area contributed by atoms with Gasteiger partial charge >= 0.3 is 5.97 Å². The Balaban J connectivity index is 1.31. The number of aromatic hydroxyl groups is 1. The van der Waals surface area contributed by atoms with Crippen LogP contribution in [0.3, 0.4) is 0 Å². The van der Waals surface area contributed by atoms with E-state index >= 15 is 0 Å². The third-order valence-corrected chi connectivity index (χ3v) is 8.27. The number of phenols is 1. The molecular formula is C32H34N2O6. The monoisotopic (exact) mass is 542 g/mol. The highest BCUT2D eigenvalue weighted by molar-refractivity contribution is 5.97. The molecule has 0 aromatic heterocycles. The van der Waals surface area contributed by atoms with E-state index in [2.05, 4.69) is 5.32 Å². The van der Waals surface area contributed by atoms with Crippen LogP contribution in [0.1, 0.15) is 58.6 Å². The minimum Gasteiger partial charge on any atom is -0.508 e. The van der Waals surface area contributed by atoms with Crippen LogP contribution in [0.5, 0.6) is 11.5 Å². The number of likely N-dealkylation sites (tertiary alicyclic amines) is 1. The van der Waals surface area contributed by atoms with Crippen molar-refractivity contribution in [3.8, 4) is 11.5 Å². The third kappa shape index (κ3) is 4.90. The molecule has 2 aliphatic rings. The first-order valence-corrected chi connectivity index (χ1v) is 13.6. The fourth-order valence-corrected chi connectivity index (χ4v) is 6.22. The molecule has 0 spiro atoms. The summed E-state index contributed by atoms with van der Waals surface area (Å²) in [6.07, 6.45) is 2.22. The van der Waals surface area contributed by atoms with Crippen LogP contribution in [0.2, 0.25) is 0 Å². The molecule has 1 aliphatic heterocycles. The van der Waals surface area contributed by atoms with Crippen LogP contribution in [0.4, 0.5) is 0 Å². The highest BCUT2D eigenvalue weighted by atomic mass is 16.5. The number of nitrogens with one attached hydrogen (secondary N) is 1. The van der Waals surface area contributed by atoms with Crippen LogP contribution in [0, 0.1) is 0 Å². The summed E-state index contributed by atoms with van der Waals surface area (Å²) in [5.41, 5.74) is 1.85. The fraction of sp³-hybridized carbons (Fsp3) is 0.344. The predicted molar refractivity (Wildman–Crippen MR) is 149 cm³/mol. The molecule has 208 valence electrons. The van der Waals surface area contributed by atoms with Crippen LogP contribution in [-0.4, -0.2) is 61.1 Å². The van der Waals surface area contributed by atoms with Gasteiger partial charge in [-0.25, -0.2) is 0 Å². The second-order valence-corrected chi connectivity index (χ2v) is 10.4. The van der Waals surface area contributed by atoms with Gasteiger partial charge in [0.1, 0.15) is 16.9 Å². The Labute approximate surface area is 233 Å². The number of hydrogen-bond donors (Lipinski definition) is 2. The van der Waals surface area contributed by atoms with Gasteiger partial charge in [0.25, 0.3) is 5.91 Å². The molecule has 8 nitrogen and oxygen atoms in total. The van der Waals surface area contributed by atoms with Crippen molar-refractivity contribution in [2.75, 3.05) is 27.3 Å². The van der Waals surface area contributed by atoms with E-state index in [4.69, 9.17) is 9.47 Å². The molecule has 0 radical (unpaired) electrons. The Hall–Kier alpha value is -4.33. The first-order chi connectivity index (χ1) is 19.4. The zero-order valence-electron chi connectivity index (χ0n) is 22.8. The number of esters is 1. The molecule has 3 aromatic rings. The van der Waals surface area contributed by atoms with Gasteiger partial charge in [0.05, 0.1) is 25.7 Å². The van der Waals surface area contributed by atoms with Gasteiger partial charge in [0, 0.05) is 19.1 Å². The number of phenolic OH excluding ortho intramolecular Hbond substituents is 1. The summed E-state index contributed by atoms with van der Waals surface area (Å²) in [5.74, 6) is -0.588. The predicted octanol–water partition coefficient (Wildman–Crippen LogP) is 4.16. The molecule has 1 saturated heterocycles. The highest BCUT2D eigenvalue weighted by Crippen LogP contribution is 2.48. The van der Waals surface area contributed by atoms with E-state index in [1.54, 1.807) is 6.07 Å². The van der Waals surface area contributed by atoms with Crippen LogP contribution in [-0.2, 0) is 19.7 Å². The average molecular weight is 543 g/mol. The van der Waals surface area contributed by atoms with E-state index in [1.807, 2.05) is 59.5 Å². The second kappa shape index (κ2) is 11.4. The number of nitrogens with zero attached hydrogens (tertiary/aromatic N) is 1. The van der Waals surface area contributed by atoms with Gasteiger partial charge in [0.15, 0.2) is 0 Å². The number of benzene rings is 3. The molecule has 3 aromatic carbocycles. The number of fused-ring (bicyclic) bond motifs is 1. The fourth-order valence-electron chi connectivity index (χ4n) is 6.22. The van der Waals surface area contributed by atoms with Crippen molar-refractivity contribution >= 4 is 17.8 Å². The van der Waals surface area contributed by atoms with Gasteiger partial charge in [-0.15, -0.1) is 0 Å². The maximum absolute atomic E-state index is 13.9. The van der Waals surface area contributed by atoms with E-state index in [-0.39, 0.29) is 41.1 Å². The summed E-state index contributed by atoms with van der Waals surface area (Å²) in [6.45, 7) is 1.03. The van der Waals surface area contributed by atoms with Crippen molar-refractivity contribution in [1.82, 2.24) is 10.2 Å². The van der Waals surface area contributed by atoms with E-state index in [0.29, 0.717) is 44.5 Å². The molecule has 5 rings (SSSR count). The van der Waals surface area contributed by atoms with E-state index < -0.39 is 5.41 Å². The number of hydrogen-bond acceptors (Lipinski definition) is 6. The number of methoxy groups -OCH3 is 2. The number of piperidine rings is 1. The number of carbonyl (C=O) groups is 3. The van der Waals surface area contributed by atoms with Gasteiger partial charge in [-0.3, -0.25) is 14.4 Å². The Morgan fingerprint density at radius 2 is 1.62 bits per heavy atom. The molecule has 1 fully saturated rings. The van der Waals surface area contributed by atoms with E-state index in [1.165, 1.54) is 26.4 Å². The van der Waals surface area contributed by atoms with Gasteiger partial charge in [-0.1, -0.05) is 54.6 Å². The smallest absolute Gasteiger partial charge is 0.320 e. The zero-order chi connectivity index (χ0) is 28.3. The standard InChI is InChI=1S/C32H34N2O6/c1-39-28-13-12-23(35)20-26(28)29(36)33-22-15-18-34(19-16-22)30(37)25-14-17-32(31(38)40-2,21-8-4-3-5-9-21)27-11-7-6-10-24(25)27/h3-13,20,22,25,35H,14-19H2,1-2H3,(H,33,36). The van der Waals surface area contributed by atoms with E-state index in [9.17, 15) is 19.5 Å². The molecule has 1 heterocycles. The molecular weight excluding hydrogens is 508 g/mol. The normalized spacial score (nSPS) is 20.8. The van der Waals surface area contributed by atoms with Crippen molar-refractivity contribution < 1.29 is 29.0 Å². The summed E-state index contributed by atoms with van der Waals surface area (Å²) < 4.78 is 10.6. The Morgan fingerprint density at radius 3 is 2.33 bits per heavy atom. The van der Waals surface area contributed by atoms with Gasteiger partial charge in [-0.2, -0.15) is 0 Å². The van der Waals surface area contributed by atoms with Crippen LogP contribution >= 0.6 is 0 Å². The van der Waals surface area contributed by atoms with Crippen LogP contribution in [0.25, 0.3) is 0 Å². The average Bonchev–Trinajstić information content (AvgIpc) is 3.00. The molecule has 0 bridgehead atoms. The number of amides is 2. The maximum Gasteiger partial charge on any atom is 0.320 e.